The van der Waals surface area contributed by atoms with Crippen molar-refractivity contribution in [1.82, 2.24) is 24.5 Å². The summed E-state index contributed by atoms with van der Waals surface area (Å²) in [6.45, 7) is 5.86. The molecule has 0 radical (unpaired) electrons. The number of hydrogen-bond acceptors (Lipinski definition) is 8. The Bertz CT molecular complexity index is 1360. The first-order valence-electron chi connectivity index (χ1n) is 12.3. The van der Waals surface area contributed by atoms with Crippen molar-refractivity contribution in [2.45, 2.75) is 57.5 Å². The Hall–Kier alpha value is -3.61. The summed E-state index contributed by atoms with van der Waals surface area (Å²) in [6, 6.07) is 1.34. The molecular weight excluding hydrogens is 505 g/mol. The molecule has 38 heavy (non-hydrogen) atoms. The molecule has 13 heteroatoms. The summed E-state index contributed by atoms with van der Waals surface area (Å²) in [7, 11) is 1.51. The normalized spacial score (nSPS) is 21.8. The molecule has 0 aromatic carbocycles. The number of carbonyl (C=O) groups is 1. The van der Waals surface area contributed by atoms with Gasteiger partial charge in [0.2, 0.25) is 0 Å². The number of imidazole rings is 1. The molecule has 2 aliphatic rings. The largest absolute Gasteiger partial charge is 0.495 e. The van der Waals surface area contributed by atoms with Crippen LogP contribution in [0.5, 0.6) is 5.75 Å². The first kappa shape index (κ1) is 26.0. The van der Waals surface area contributed by atoms with Crippen molar-refractivity contribution >= 4 is 17.6 Å². The van der Waals surface area contributed by atoms with Gasteiger partial charge in [0.25, 0.3) is 0 Å². The number of aromatic nitrogens is 4. The fourth-order valence-electron chi connectivity index (χ4n) is 4.39. The van der Waals surface area contributed by atoms with E-state index in [1.807, 2.05) is 0 Å². The molecule has 204 valence electrons. The number of halogens is 3. The van der Waals surface area contributed by atoms with Crippen molar-refractivity contribution in [3.63, 3.8) is 0 Å². The average Bonchev–Trinajstić information content (AvgIpc) is 3.22. The Morgan fingerprint density at radius 1 is 1.21 bits per heavy atom. The maximum atomic E-state index is 15.0. The van der Waals surface area contributed by atoms with E-state index in [4.69, 9.17) is 14.2 Å². The van der Waals surface area contributed by atoms with Crippen LogP contribution in [0.3, 0.4) is 0 Å². The van der Waals surface area contributed by atoms with Gasteiger partial charge in [0, 0.05) is 31.6 Å². The summed E-state index contributed by atoms with van der Waals surface area (Å²) in [5.41, 5.74) is 0.109. The van der Waals surface area contributed by atoms with Crippen LogP contribution in [0.25, 0.3) is 17.0 Å². The number of rotatable bonds is 5. The van der Waals surface area contributed by atoms with Crippen LogP contribution in [-0.4, -0.2) is 75.2 Å². The second kappa shape index (κ2) is 9.93. The summed E-state index contributed by atoms with van der Waals surface area (Å²) in [6.07, 6.45) is -0.113. The van der Waals surface area contributed by atoms with Crippen molar-refractivity contribution in [1.29, 1.82) is 0 Å². The van der Waals surface area contributed by atoms with Crippen molar-refractivity contribution in [3.05, 3.63) is 35.7 Å². The van der Waals surface area contributed by atoms with Gasteiger partial charge in [-0.1, -0.05) is 0 Å². The molecule has 5 heterocycles. The highest BCUT2D eigenvalue weighted by Crippen LogP contribution is 2.35. The molecule has 5 rings (SSSR count). The lowest BCUT2D eigenvalue weighted by atomic mass is 10.0. The van der Waals surface area contributed by atoms with E-state index < -0.39 is 35.5 Å². The number of pyridine rings is 1. The minimum Gasteiger partial charge on any atom is -0.495 e. The number of ether oxygens (including phenoxy) is 3. The first-order valence-corrected chi connectivity index (χ1v) is 12.3. The van der Waals surface area contributed by atoms with Crippen LogP contribution < -0.4 is 10.1 Å². The number of likely N-dealkylation sites (tertiary alicyclic amines) is 1. The summed E-state index contributed by atoms with van der Waals surface area (Å²) in [4.78, 5) is 22.3. The van der Waals surface area contributed by atoms with E-state index in [2.05, 4.69) is 20.4 Å². The molecule has 2 aliphatic heterocycles. The first-order chi connectivity index (χ1) is 18.0. The van der Waals surface area contributed by atoms with Crippen molar-refractivity contribution in [2.24, 2.45) is 0 Å². The topological polar surface area (TPSA) is 103 Å². The number of nitrogens with one attached hydrogen (secondary N) is 1. The minimum absolute atomic E-state index is 0.0254. The van der Waals surface area contributed by atoms with Crippen LogP contribution in [-0.2, 0) is 9.47 Å². The standard InChI is InChI=1S/C25H29F3N6O4/c1-25(2,3)38-24(35)33-7-5-13(26)16(12-33)30-23-15(28)9-14(27)21(31-23)17-11-29-20-10-19(36-4)22(32-34(17)20)18-6-8-37-18/h9-11,13,16,18H,5-8,12H2,1-4H3,(H,30,31)/t13-,16-,18?/m0/s1. The Labute approximate surface area is 217 Å². The Morgan fingerprint density at radius 3 is 2.63 bits per heavy atom. The van der Waals surface area contributed by atoms with Crippen molar-refractivity contribution < 1.29 is 32.2 Å². The van der Waals surface area contributed by atoms with Gasteiger partial charge in [0.05, 0.1) is 26.0 Å². The minimum atomic E-state index is -1.39. The van der Waals surface area contributed by atoms with Crippen LogP contribution in [0.4, 0.5) is 23.8 Å². The van der Waals surface area contributed by atoms with Gasteiger partial charge in [-0.25, -0.2) is 32.4 Å². The Balaban J connectivity index is 1.45. The molecular formula is C25H29F3N6O4. The SMILES string of the molecule is COc1cc2ncc(-c3nc(N[C@H]4CN(C(=O)OC(C)(C)C)CC[C@@H]4F)c(F)cc3F)n2nc1C1CCO1. The molecule has 2 saturated heterocycles. The molecule has 3 atom stereocenters. The van der Waals surface area contributed by atoms with Crippen molar-refractivity contribution in [2.75, 3.05) is 32.1 Å². The molecule has 1 N–H and O–H groups in total. The molecule has 0 bridgehead atoms. The lowest BCUT2D eigenvalue weighted by molar-refractivity contribution is -0.0569. The fourth-order valence-corrected chi connectivity index (χ4v) is 4.39. The number of methoxy groups -OCH3 is 1. The van der Waals surface area contributed by atoms with Crippen LogP contribution in [0.1, 0.15) is 45.4 Å². The van der Waals surface area contributed by atoms with E-state index in [1.165, 1.54) is 22.7 Å². The molecule has 1 amide bonds. The van der Waals surface area contributed by atoms with Gasteiger partial charge in [0.15, 0.2) is 23.1 Å². The average molecular weight is 535 g/mol. The van der Waals surface area contributed by atoms with Crippen LogP contribution in [0, 0.1) is 11.6 Å². The summed E-state index contributed by atoms with van der Waals surface area (Å²) >= 11 is 0. The zero-order valence-electron chi connectivity index (χ0n) is 21.5. The highest BCUT2D eigenvalue weighted by molar-refractivity contribution is 5.68. The molecule has 0 spiro atoms. The van der Waals surface area contributed by atoms with Gasteiger partial charge in [-0.3, -0.25) is 0 Å². The van der Waals surface area contributed by atoms with Gasteiger partial charge in [-0.2, -0.15) is 5.10 Å². The van der Waals surface area contributed by atoms with E-state index >= 15 is 0 Å². The van der Waals surface area contributed by atoms with Crippen molar-refractivity contribution in [3.8, 4) is 17.1 Å². The predicted molar refractivity (Wildman–Crippen MR) is 131 cm³/mol. The number of carbonyl (C=O) groups excluding carboxylic acids is 1. The zero-order valence-corrected chi connectivity index (χ0v) is 21.5. The van der Waals surface area contributed by atoms with Gasteiger partial charge >= 0.3 is 6.09 Å². The molecule has 0 saturated carbocycles. The monoisotopic (exact) mass is 534 g/mol. The molecule has 1 unspecified atom stereocenters. The highest BCUT2D eigenvalue weighted by Gasteiger charge is 2.35. The molecule has 10 nitrogen and oxygen atoms in total. The van der Waals surface area contributed by atoms with E-state index in [0.717, 1.165) is 6.42 Å². The Morgan fingerprint density at radius 2 is 1.97 bits per heavy atom. The number of hydrogen-bond donors (Lipinski definition) is 1. The lowest BCUT2D eigenvalue weighted by Crippen LogP contribution is -2.52. The fraction of sp³-hybridized carbons (Fsp3) is 0.520. The third kappa shape index (κ3) is 5.06. The maximum absolute atomic E-state index is 15.0. The van der Waals surface area contributed by atoms with Gasteiger partial charge in [0.1, 0.15) is 40.7 Å². The number of piperidine rings is 1. The zero-order chi connectivity index (χ0) is 27.2. The lowest BCUT2D eigenvalue weighted by Gasteiger charge is -2.36. The molecule has 3 aromatic heterocycles. The van der Waals surface area contributed by atoms with Crippen LogP contribution in [0.15, 0.2) is 18.3 Å². The van der Waals surface area contributed by atoms with E-state index in [-0.39, 0.29) is 42.8 Å². The summed E-state index contributed by atoms with van der Waals surface area (Å²) < 4.78 is 62.3. The highest BCUT2D eigenvalue weighted by atomic mass is 19.1. The third-order valence-electron chi connectivity index (χ3n) is 6.38. The second-order valence-electron chi connectivity index (χ2n) is 10.3. The molecule has 2 fully saturated rings. The number of anilines is 1. The second-order valence-corrected chi connectivity index (χ2v) is 10.3. The van der Waals surface area contributed by atoms with E-state index in [9.17, 15) is 18.0 Å². The number of fused-ring (bicyclic) bond motifs is 1. The Kier molecular flexibility index (Phi) is 6.80. The van der Waals surface area contributed by atoms with Gasteiger partial charge in [-0.05, 0) is 27.2 Å². The quantitative estimate of drug-likeness (QED) is 0.517. The third-order valence-corrected chi connectivity index (χ3v) is 6.38. The molecule has 3 aromatic rings. The predicted octanol–water partition coefficient (Wildman–Crippen LogP) is 4.30. The van der Waals surface area contributed by atoms with Crippen LogP contribution in [0.2, 0.25) is 0 Å². The number of amides is 1. The number of nitrogens with zero attached hydrogens (tertiary/aromatic N) is 5. The van der Waals surface area contributed by atoms with E-state index in [1.54, 1.807) is 26.8 Å². The van der Waals surface area contributed by atoms with Crippen LogP contribution >= 0.6 is 0 Å². The maximum Gasteiger partial charge on any atom is 0.410 e. The van der Waals surface area contributed by atoms with E-state index in [0.29, 0.717) is 29.8 Å². The van der Waals surface area contributed by atoms with Gasteiger partial charge in [-0.15, -0.1) is 0 Å². The number of alkyl halides is 1. The smallest absolute Gasteiger partial charge is 0.410 e. The molecule has 0 aliphatic carbocycles. The summed E-state index contributed by atoms with van der Waals surface area (Å²) in [5, 5.41) is 7.27. The summed E-state index contributed by atoms with van der Waals surface area (Å²) in [5.74, 6) is -1.81. The van der Waals surface area contributed by atoms with Gasteiger partial charge < -0.3 is 24.4 Å².